The first-order valence-corrected chi connectivity index (χ1v) is 8.60. The first kappa shape index (κ1) is 17.3. The number of alkyl halides is 1. The maximum absolute atomic E-state index is 11.1. The highest BCUT2D eigenvalue weighted by Crippen LogP contribution is 2.12. The Bertz CT molecular complexity index is 344. The van der Waals surface area contributed by atoms with Gasteiger partial charge in [0.1, 0.15) is 0 Å². The molecule has 0 N–H and O–H groups in total. The summed E-state index contributed by atoms with van der Waals surface area (Å²) in [5.74, 6) is 0.813. The van der Waals surface area contributed by atoms with Crippen molar-refractivity contribution < 1.29 is 4.73 Å². The van der Waals surface area contributed by atoms with Crippen molar-refractivity contribution in [3.8, 4) is 0 Å². The van der Waals surface area contributed by atoms with Gasteiger partial charge in [0.2, 0.25) is 0 Å². The van der Waals surface area contributed by atoms with E-state index >= 15 is 0 Å². The smallest absolute Gasteiger partial charge is 0.183 e. The molecule has 2 nitrogen and oxygen atoms in total. The minimum atomic E-state index is 0.813. The van der Waals surface area contributed by atoms with Gasteiger partial charge in [-0.2, -0.15) is 4.73 Å². The average molecular weight is 298 g/mol. The lowest BCUT2D eigenvalue weighted by Crippen LogP contribution is -2.24. The van der Waals surface area contributed by atoms with Gasteiger partial charge in [0, 0.05) is 17.5 Å². The molecule has 0 unspecified atom stereocenters. The Kier molecular flexibility index (Phi) is 10.4. The number of nitrogens with zero attached hydrogens (tertiary/aromatic N) is 1. The van der Waals surface area contributed by atoms with Gasteiger partial charge in [-0.1, -0.05) is 51.4 Å². The van der Waals surface area contributed by atoms with E-state index in [9.17, 15) is 5.21 Å². The van der Waals surface area contributed by atoms with Crippen LogP contribution in [0.3, 0.4) is 0 Å². The topological polar surface area (TPSA) is 26.9 Å². The lowest BCUT2D eigenvalue weighted by atomic mass is 10.0. The van der Waals surface area contributed by atoms with Crippen molar-refractivity contribution in [3.05, 3.63) is 35.3 Å². The summed E-state index contributed by atoms with van der Waals surface area (Å²) in [4.78, 5) is 0. The molecule has 1 aromatic heterocycles. The second-order valence-electron chi connectivity index (χ2n) is 5.55. The van der Waals surface area contributed by atoms with E-state index in [2.05, 4.69) is 0 Å². The fourth-order valence-corrected chi connectivity index (χ4v) is 2.68. The monoisotopic (exact) mass is 297 g/mol. The SMILES string of the molecule is [O-][n+]1cccc(CCCCCCCCCCCCCl)c1. The lowest BCUT2D eigenvalue weighted by molar-refractivity contribution is -0.605. The van der Waals surface area contributed by atoms with Crippen LogP contribution >= 0.6 is 11.6 Å². The van der Waals surface area contributed by atoms with Gasteiger partial charge in [0.05, 0.1) is 0 Å². The predicted octanol–water partition coefficient (Wildman–Crippen LogP) is 5.00. The zero-order valence-electron chi connectivity index (χ0n) is 12.5. The third kappa shape index (κ3) is 9.19. The van der Waals surface area contributed by atoms with E-state index in [4.69, 9.17) is 11.6 Å². The Morgan fingerprint density at radius 3 is 1.95 bits per heavy atom. The van der Waals surface area contributed by atoms with Crippen LogP contribution in [0.15, 0.2) is 24.5 Å². The Hall–Kier alpha value is -0.760. The maximum Gasteiger partial charge on any atom is 0.183 e. The summed E-state index contributed by atoms with van der Waals surface area (Å²) >= 11 is 5.65. The third-order valence-corrected chi connectivity index (χ3v) is 3.95. The van der Waals surface area contributed by atoms with Crippen LogP contribution < -0.4 is 4.73 Å². The molecule has 0 aromatic carbocycles. The first-order chi connectivity index (χ1) is 9.83. The van der Waals surface area contributed by atoms with E-state index in [0.29, 0.717) is 0 Å². The van der Waals surface area contributed by atoms with Gasteiger partial charge in [0.25, 0.3) is 0 Å². The number of halogens is 1. The van der Waals surface area contributed by atoms with Gasteiger partial charge in [-0.3, -0.25) is 0 Å². The van der Waals surface area contributed by atoms with Crippen molar-refractivity contribution >= 4 is 11.6 Å². The normalized spacial score (nSPS) is 10.8. The van der Waals surface area contributed by atoms with Crippen LogP contribution in [0.2, 0.25) is 0 Å². The predicted molar refractivity (Wildman–Crippen MR) is 86.0 cm³/mol. The summed E-state index contributed by atoms with van der Waals surface area (Å²) in [5, 5.41) is 11.1. The Balaban J connectivity index is 1.85. The summed E-state index contributed by atoms with van der Waals surface area (Å²) < 4.78 is 0.888. The average Bonchev–Trinajstić information content (AvgIpc) is 2.45. The van der Waals surface area contributed by atoms with E-state index in [-0.39, 0.29) is 0 Å². The lowest BCUT2D eigenvalue weighted by Gasteiger charge is -2.03. The number of pyridine rings is 1. The Labute approximate surface area is 128 Å². The molecule has 0 fully saturated rings. The van der Waals surface area contributed by atoms with Crippen molar-refractivity contribution in [2.45, 2.75) is 70.6 Å². The number of hydrogen-bond acceptors (Lipinski definition) is 1. The van der Waals surface area contributed by atoms with Crippen LogP contribution in [0.5, 0.6) is 0 Å². The molecule has 0 saturated heterocycles. The maximum atomic E-state index is 11.1. The standard InChI is InChI=1S/C17H28ClNO/c18-14-10-8-6-4-2-1-3-5-7-9-12-17-13-11-15-19(20)16-17/h11,13,15-16H,1-10,12,14H2. The molecule has 0 spiro atoms. The van der Waals surface area contributed by atoms with Gasteiger partial charge in [-0.05, 0) is 25.3 Å². The van der Waals surface area contributed by atoms with E-state index in [1.165, 1.54) is 70.4 Å². The number of unbranched alkanes of at least 4 members (excludes halogenated alkanes) is 9. The third-order valence-electron chi connectivity index (χ3n) is 3.69. The van der Waals surface area contributed by atoms with Crippen LogP contribution in [0, 0.1) is 5.21 Å². The first-order valence-electron chi connectivity index (χ1n) is 8.06. The van der Waals surface area contributed by atoms with Gasteiger partial charge >= 0.3 is 0 Å². The summed E-state index contributed by atoms with van der Waals surface area (Å²) in [6, 6.07) is 3.86. The molecule has 20 heavy (non-hydrogen) atoms. The molecule has 0 bridgehead atoms. The van der Waals surface area contributed by atoms with E-state index < -0.39 is 0 Å². The Morgan fingerprint density at radius 1 is 0.850 bits per heavy atom. The van der Waals surface area contributed by atoms with Gasteiger partial charge in [-0.15, -0.1) is 11.6 Å². The minimum Gasteiger partial charge on any atom is -0.619 e. The molecule has 0 aliphatic rings. The zero-order chi connectivity index (χ0) is 14.5. The van der Waals surface area contributed by atoms with Crippen molar-refractivity contribution in [1.29, 1.82) is 0 Å². The minimum absolute atomic E-state index is 0.813. The highest BCUT2D eigenvalue weighted by molar-refractivity contribution is 6.17. The Morgan fingerprint density at radius 2 is 1.40 bits per heavy atom. The molecule has 114 valence electrons. The zero-order valence-corrected chi connectivity index (χ0v) is 13.3. The molecule has 0 saturated carbocycles. The van der Waals surface area contributed by atoms with Crippen LogP contribution in [-0.4, -0.2) is 5.88 Å². The number of aryl methyl sites for hydroxylation is 1. The van der Waals surface area contributed by atoms with Gasteiger partial charge in [0.15, 0.2) is 12.4 Å². The van der Waals surface area contributed by atoms with Crippen molar-refractivity contribution in [3.63, 3.8) is 0 Å². The second kappa shape index (κ2) is 12.0. The molecule has 3 heteroatoms. The van der Waals surface area contributed by atoms with Crippen molar-refractivity contribution in [1.82, 2.24) is 0 Å². The van der Waals surface area contributed by atoms with E-state index in [1.54, 1.807) is 6.20 Å². The number of hydrogen-bond donors (Lipinski definition) is 0. The van der Waals surface area contributed by atoms with Crippen molar-refractivity contribution in [2.24, 2.45) is 0 Å². The van der Waals surface area contributed by atoms with E-state index in [0.717, 1.165) is 22.6 Å². The molecule has 1 heterocycles. The fourth-order valence-electron chi connectivity index (χ4n) is 2.49. The molecular formula is C17H28ClNO. The summed E-state index contributed by atoms with van der Waals surface area (Å²) in [6.07, 6.45) is 17.3. The summed E-state index contributed by atoms with van der Waals surface area (Å²) in [6.45, 7) is 0. The molecule has 1 rings (SSSR count). The quantitative estimate of drug-likeness (QED) is 0.231. The largest absolute Gasteiger partial charge is 0.619 e. The van der Waals surface area contributed by atoms with Crippen LogP contribution in [0.1, 0.15) is 69.8 Å². The van der Waals surface area contributed by atoms with Crippen LogP contribution in [0.4, 0.5) is 0 Å². The highest BCUT2D eigenvalue weighted by Gasteiger charge is 1.98. The highest BCUT2D eigenvalue weighted by atomic mass is 35.5. The van der Waals surface area contributed by atoms with Crippen LogP contribution in [0.25, 0.3) is 0 Å². The molecule has 1 aromatic rings. The molecule has 0 aliphatic heterocycles. The summed E-state index contributed by atoms with van der Waals surface area (Å²) in [5.41, 5.74) is 1.15. The van der Waals surface area contributed by atoms with Gasteiger partial charge < -0.3 is 5.21 Å². The molecule has 0 aliphatic carbocycles. The second-order valence-corrected chi connectivity index (χ2v) is 5.92. The molecule has 0 radical (unpaired) electrons. The summed E-state index contributed by atoms with van der Waals surface area (Å²) in [7, 11) is 0. The molecule has 0 amide bonds. The number of aromatic nitrogens is 1. The van der Waals surface area contributed by atoms with Crippen LogP contribution in [-0.2, 0) is 6.42 Å². The van der Waals surface area contributed by atoms with Crippen molar-refractivity contribution in [2.75, 3.05) is 5.88 Å². The fraction of sp³-hybridized carbons (Fsp3) is 0.706. The molecular weight excluding hydrogens is 270 g/mol. The van der Waals surface area contributed by atoms with Gasteiger partial charge in [-0.25, -0.2) is 0 Å². The molecule has 0 atom stereocenters. The number of rotatable bonds is 12. The van der Waals surface area contributed by atoms with E-state index in [1.807, 2.05) is 12.1 Å².